The number of aromatic nitrogens is 5. The van der Waals surface area contributed by atoms with Crippen molar-refractivity contribution in [3.05, 3.63) is 101 Å². The summed E-state index contributed by atoms with van der Waals surface area (Å²) in [5, 5.41) is 24.4. The number of hydrogen-bond acceptors (Lipinski definition) is 7. The number of halogens is 5. The lowest BCUT2D eigenvalue weighted by Crippen LogP contribution is -2.13. The van der Waals surface area contributed by atoms with E-state index < -0.39 is 30.3 Å². The minimum absolute atomic E-state index is 0.00644. The van der Waals surface area contributed by atoms with Crippen LogP contribution in [0.5, 0.6) is 0 Å². The summed E-state index contributed by atoms with van der Waals surface area (Å²) < 4.78 is 55.2. The Morgan fingerprint density at radius 3 is 2.70 bits per heavy atom. The third-order valence-electron chi connectivity index (χ3n) is 5.69. The van der Waals surface area contributed by atoms with Gasteiger partial charge in [0.2, 0.25) is 5.95 Å². The first kappa shape index (κ1) is 28.3. The number of nitrogens with one attached hydrogen (secondary N) is 2. The van der Waals surface area contributed by atoms with E-state index >= 15 is 0 Å². The molecule has 0 spiro atoms. The summed E-state index contributed by atoms with van der Waals surface area (Å²) in [4.78, 5) is 7.63. The van der Waals surface area contributed by atoms with Gasteiger partial charge in [0.05, 0.1) is 52.5 Å². The van der Waals surface area contributed by atoms with E-state index in [-0.39, 0.29) is 28.5 Å². The highest BCUT2D eigenvalue weighted by Gasteiger charge is 2.20. The maximum atomic E-state index is 13.8. The predicted octanol–water partition coefficient (Wildman–Crippen LogP) is 6.88. The number of nitriles is 1. The lowest BCUT2D eigenvalue weighted by Gasteiger charge is -2.20. The topological polar surface area (TPSA) is 104 Å². The molecule has 0 unspecified atom stereocenters. The van der Waals surface area contributed by atoms with Gasteiger partial charge >= 0.3 is 0 Å². The van der Waals surface area contributed by atoms with Gasteiger partial charge in [-0.15, -0.1) is 5.10 Å². The highest BCUT2D eigenvalue weighted by molar-refractivity contribution is 6.36. The van der Waals surface area contributed by atoms with Crippen LogP contribution in [0.4, 0.5) is 34.6 Å². The Hall–Kier alpha value is -4.76. The molecule has 3 aromatic heterocycles. The molecule has 1 atom stereocenters. The number of allylic oxidation sites excluding steroid dienone is 3. The summed E-state index contributed by atoms with van der Waals surface area (Å²) >= 11 is 6.55. The van der Waals surface area contributed by atoms with E-state index in [0.717, 1.165) is 12.3 Å². The van der Waals surface area contributed by atoms with Crippen molar-refractivity contribution in [1.29, 1.82) is 5.26 Å². The highest BCUT2D eigenvalue weighted by atomic mass is 35.5. The third kappa shape index (κ3) is 6.27. The van der Waals surface area contributed by atoms with Crippen LogP contribution < -0.4 is 10.6 Å². The smallest absolute Gasteiger partial charge is 0.249 e. The second-order valence-electron chi connectivity index (χ2n) is 8.39. The van der Waals surface area contributed by atoms with E-state index in [2.05, 4.69) is 37.5 Å². The van der Waals surface area contributed by atoms with Gasteiger partial charge in [-0.25, -0.2) is 22.8 Å². The summed E-state index contributed by atoms with van der Waals surface area (Å²) in [6.07, 6.45) is 7.88. The van der Waals surface area contributed by atoms with Crippen LogP contribution in [0.1, 0.15) is 24.2 Å². The molecule has 40 heavy (non-hydrogen) atoms. The average Bonchev–Trinajstić information content (AvgIpc) is 3.41. The normalized spacial score (nSPS) is 12.5. The Bertz CT molecular complexity index is 1680. The van der Waals surface area contributed by atoms with Gasteiger partial charge in [-0.1, -0.05) is 35.5 Å². The fourth-order valence-corrected chi connectivity index (χ4v) is 4.01. The monoisotopic (exact) mass is 568 g/mol. The lowest BCUT2D eigenvalue weighted by molar-refractivity contribution is 0.422. The summed E-state index contributed by atoms with van der Waals surface area (Å²) in [6, 6.07) is 5.37. The van der Waals surface area contributed by atoms with E-state index in [9.17, 15) is 22.8 Å². The Balaban J connectivity index is 1.79. The third-order valence-corrected chi connectivity index (χ3v) is 5.98. The molecule has 3 heterocycles. The van der Waals surface area contributed by atoms with E-state index in [4.69, 9.17) is 11.6 Å². The van der Waals surface area contributed by atoms with Crippen molar-refractivity contribution in [3.63, 3.8) is 0 Å². The quantitative estimate of drug-likeness (QED) is 0.122. The maximum absolute atomic E-state index is 13.8. The molecule has 1 aromatic carbocycles. The summed E-state index contributed by atoms with van der Waals surface area (Å²) in [5.74, 6) is -2.92. The van der Waals surface area contributed by atoms with Crippen molar-refractivity contribution in [2.24, 2.45) is 0 Å². The van der Waals surface area contributed by atoms with Crippen LogP contribution in [0.25, 0.3) is 10.9 Å². The molecule has 0 aliphatic carbocycles. The zero-order chi connectivity index (χ0) is 28.8. The molecular weight excluding hydrogens is 548 g/mol. The van der Waals surface area contributed by atoms with Gasteiger partial charge in [0.1, 0.15) is 24.3 Å². The first-order valence-electron chi connectivity index (χ1n) is 11.8. The minimum atomic E-state index is -1.27. The molecule has 0 saturated heterocycles. The van der Waals surface area contributed by atoms with Gasteiger partial charge in [-0.3, -0.25) is 4.98 Å². The molecule has 8 nitrogen and oxygen atoms in total. The predicted molar refractivity (Wildman–Crippen MR) is 144 cm³/mol. The molecule has 0 amide bonds. The molecule has 0 bridgehead atoms. The Morgan fingerprint density at radius 1 is 1.20 bits per heavy atom. The second kappa shape index (κ2) is 12.4. The SMILES string of the molecule is C=C(/C=C\C(F)=C/C)[C@H](Nc1cc(Cl)c2ncc(C#N)c(Nc3cnc(F)c(F)c3)c2c1)c1cn(CCF)nn1. The van der Waals surface area contributed by atoms with Crippen molar-refractivity contribution in [2.75, 3.05) is 17.3 Å². The summed E-state index contributed by atoms with van der Waals surface area (Å²) in [7, 11) is 0. The largest absolute Gasteiger partial charge is 0.373 e. The van der Waals surface area contributed by atoms with Crippen LogP contribution >= 0.6 is 11.6 Å². The van der Waals surface area contributed by atoms with Crippen LogP contribution in [-0.2, 0) is 6.54 Å². The average molecular weight is 569 g/mol. The number of anilines is 3. The number of nitrogens with zero attached hydrogens (tertiary/aromatic N) is 6. The molecule has 13 heteroatoms. The molecule has 4 aromatic rings. The zero-order valence-electron chi connectivity index (χ0n) is 21.0. The second-order valence-corrected chi connectivity index (χ2v) is 8.80. The fraction of sp³-hybridized carbons (Fsp3) is 0.148. The number of benzene rings is 1. The minimum Gasteiger partial charge on any atom is -0.373 e. The summed E-state index contributed by atoms with van der Waals surface area (Å²) in [5.41, 5.74) is 1.93. The number of rotatable bonds is 10. The molecular formula is C27H21ClF4N8. The van der Waals surface area contributed by atoms with Crippen molar-refractivity contribution >= 4 is 39.6 Å². The van der Waals surface area contributed by atoms with E-state index in [1.165, 1.54) is 35.3 Å². The Labute approximate surface area is 231 Å². The van der Waals surface area contributed by atoms with Crippen molar-refractivity contribution < 1.29 is 17.6 Å². The maximum Gasteiger partial charge on any atom is 0.249 e. The number of fused-ring (bicyclic) bond motifs is 1. The van der Waals surface area contributed by atoms with E-state index in [0.29, 0.717) is 27.9 Å². The fourth-order valence-electron chi connectivity index (χ4n) is 3.74. The first-order valence-corrected chi connectivity index (χ1v) is 12.1. The van der Waals surface area contributed by atoms with Gasteiger partial charge in [-0.05, 0) is 30.7 Å². The molecule has 0 aliphatic heterocycles. The van der Waals surface area contributed by atoms with Gasteiger partial charge in [0.25, 0.3) is 0 Å². The Morgan fingerprint density at radius 2 is 2.00 bits per heavy atom. The summed E-state index contributed by atoms with van der Waals surface area (Å²) in [6.45, 7) is 4.91. The van der Waals surface area contributed by atoms with Crippen LogP contribution in [-0.4, -0.2) is 31.6 Å². The van der Waals surface area contributed by atoms with Crippen LogP contribution in [0, 0.1) is 23.1 Å². The van der Waals surface area contributed by atoms with Crippen LogP contribution in [0.15, 0.2) is 73.0 Å². The molecule has 204 valence electrons. The van der Waals surface area contributed by atoms with Gasteiger partial charge in [-0.2, -0.15) is 9.65 Å². The van der Waals surface area contributed by atoms with E-state index in [1.54, 1.807) is 19.1 Å². The number of aryl methyl sites for hydroxylation is 1. The van der Waals surface area contributed by atoms with Gasteiger partial charge < -0.3 is 10.6 Å². The zero-order valence-corrected chi connectivity index (χ0v) is 21.7. The molecule has 0 saturated carbocycles. The van der Waals surface area contributed by atoms with Crippen LogP contribution in [0.3, 0.4) is 0 Å². The van der Waals surface area contributed by atoms with Crippen molar-refractivity contribution in [2.45, 2.75) is 19.5 Å². The van der Waals surface area contributed by atoms with Gasteiger partial charge in [0, 0.05) is 23.3 Å². The molecule has 4 rings (SSSR count). The Kier molecular flexibility index (Phi) is 8.76. The number of hydrogen-bond donors (Lipinski definition) is 2. The molecule has 2 N–H and O–H groups in total. The van der Waals surface area contributed by atoms with Crippen molar-refractivity contribution in [3.8, 4) is 6.07 Å². The highest BCUT2D eigenvalue weighted by Crippen LogP contribution is 2.36. The molecule has 0 radical (unpaired) electrons. The first-order chi connectivity index (χ1) is 19.2. The number of alkyl halides is 1. The molecule has 0 aliphatic rings. The number of pyridine rings is 2. The van der Waals surface area contributed by atoms with E-state index in [1.807, 2.05) is 6.07 Å². The molecule has 0 fully saturated rings. The van der Waals surface area contributed by atoms with Crippen LogP contribution in [0.2, 0.25) is 5.02 Å². The van der Waals surface area contributed by atoms with Gasteiger partial charge in [0.15, 0.2) is 5.82 Å². The van der Waals surface area contributed by atoms with Crippen molar-refractivity contribution in [1.82, 2.24) is 25.0 Å². The standard InChI is InChI=1S/C27H21ClF4N8/c1-3-17(30)5-4-15(2)24(23-14-40(7-6-29)39-38-23)36-18-8-20-25(37-19-10-22(31)27(32)35-13-19)16(11-33)12-34-26(20)21(28)9-18/h3-5,8-10,12-14,24,36H,2,6-7H2,1H3,(H,34,37)/b5-4-,17-3+/t24-/m0/s1. The lowest BCUT2D eigenvalue weighted by atomic mass is 10.0.